The minimum atomic E-state index is -1.68. The second-order valence-electron chi connectivity index (χ2n) is 4.89. The molecule has 1 atom stereocenters. The number of aromatic hydroxyl groups is 1. The number of esters is 1. The van der Waals surface area contributed by atoms with Crippen LogP contribution in [0, 0.1) is 5.41 Å². The number of imidazole rings is 1. The molecule has 23 heavy (non-hydrogen) atoms. The SMILES string of the molecule is COC(=O)C(=O)[C@H](C(=O)C=C(C)C)c1nc2n(c1O)C(=N)N=N2. The number of ketones is 2. The number of nitrogens with one attached hydrogen (secondary N) is 1. The number of ether oxygens (including phenoxy) is 1. The lowest BCUT2D eigenvalue weighted by atomic mass is 9.94. The first kappa shape index (κ1) is 16.2. The van der Waals surface area contributed by atoms with E-state index in [4.69, 9.17) is 5.41 Å². The molecule has 10 heteroatoms. The van der Waals surface area contributed by atoms with Crippen LogP contribution in [0.4, 0.5) is 5.95 Å². The molecule has 0 saturated heterocycles. The molecule has 0 spiro atoms. The number of Topliss-reactive ketones (excluding diaryl/α,β-unsaturated/α-hetero) is 1. The van der Waals surface area contributed by atoms with E-state index in [-0.39, 0.29) is 11.6 Å². The second-order valence-corrected chi connectivity index (χ2v) is 4.89. The molecule has 0 saturated carbocycles. The predicted molar refractivity (Wildman–Crippen MR) is 75.7 cm³/mol. The van der Waals surface area contributed by atoms with Gasteiger partial charge < -0.3 is 9.84 Å². The highest BCUT2D eigenvalue weighted by Gasteiger charge is 2.39. The summed E-state index contributed by atoms with van der Waals surface area (Å²) in [6.07, 6.45) is 1.16. The average Bonchev–Trinajstić information content (AvgIpc) is 2.99. The van der Waals surface area contributed by atoms with Crippen molar-refractivity contribution >= 4 is 29.4 Å². The molecule has 0 aliphatic carbocycles. The molecule has 0 amide bonds. The Morgan fingerprint density at radius 1 is 1.30 bits per heavy atom. The van der Waals surface area contributed by atoms with Crippen molar-refractivity contribution < 1.29 is 24.2 Å². The van der Waals surface area contributed by atoms with E-state index in [1.807, 2.05) is 0 Å². The van der Waals surface area contributed by atoms with Gasteiger partial charge in [-0.3, -0.25) is 15.0 Å². The van der Waals surface area contributed by atoms with Crippen LogP contribution in [0.1, 0.15) is 25.5 Å². The molecule has 1 aliphatic heterocycles. The monoisotopic (exact) mass is 319 g/mol. The maximum Gasteiger partial charge on any atom is 0.375 e. The van der Waals surface area contributed by atoms with Gasteiger partial charge in [0.15, 0.2) is 5.78 Å². The summed E-state index contributed by atoms with van der Waals surface area (Å²) in [7, 11) is 1.000. The molecule has 2 heterocycles. The number of fused-ring (bicyclic) bond motifs is 1. The number of hydrogen-bond acceptors (Lipinski definition) is 8. The summed E-state index contributed by atoms with van der Waals surface area (Å²) in [4.78, 5) is 39.8. The average molecular weight is 319 g/mol. The van der Waals surface area contributed by atoms with E-state index in [1.54, 1.807) is 13.8 Å². The largest absolute Gasteiger partial charge is 0.493 e. The van der Waals surface area contributed by atoms with Gasteiger partial charge in [-0.1, -0.05) is 5.57 Å². The molecule has 120 valence electrons. The van der Waals surface area contributed by atoms with Crippen molar-refractivity contribution in [2.45, 2.75) is 19.8 Å². The zero-order chi connectivity index (χ0) is 17.3. The summed E-state index contributed by atoms with van der Waals surface area (Å²) in [5.41, 5.74) is 0.220. The summed E-state index contributed by atoms with van der Waals surface area (Å²) >= 11 is 0. The highest BCUT2D eigenvalue weighted by atomic mass is 16.5. The highest BCUT2D eigenvalue weighted by molar-refractivity contribution is 6.41. The molecule has 1 aromatic heterocycles. The third-order valence-electron chi connectivity index (χ3n) is 2.94. The number of hydrogen-bond donors (Lipinski definition) is 2. The van der Waals surface area contributed by atoms with Gasteiger partial charge in [0.05, 0.1) is 7.11 Å². The van der Waals surface area contributed by atoms with Gasteiger partial charge in [0.25, 0.3) is 17.7 Å². The van der Waals surface area contributed by atoms with E-state index < -0.39 is 35.3 Å². The van der Waals surface area contributed by atoms with E-state index in [0.717, 1.165) is 17.8 Å². The maximum atomic E-state index is 12.3. The van der Waals surface area contributed by atoms with Crippen molar-refractivity contribution in [2.75, 3.05) is 7.11 Å². The van der Waals surface area contributed by atoms with Gasteiger partial charge in [-0.25, -0.2) is 14.3 Å². The van der Waals surface area contributed by atoms with Crippen molar-refractivity contribution in [1.29, 1.82) is 5.41 Å². The molecule has 0 unspecified atom stereocenters. The van der Waals surface area contributed by atoms with Gasteiger partial charge in [-0.05, 0) is 19.9 Å². The minimum Gasteiger partial charge on any atom is -0.493 e. The Morgan fingerprint density at radius 3 is 2.48 bits per heavy atom. The topological polar surface area (TPSA) is 147 Å². The molecule has 1 aromatic rings. The second kappa shape index (κ2) is 5.91. The Balaban J connectivity index is 2.57. The quantitative estimate of drug-likeness (QED) is 0.355. The zero-order valence-corrected chi connectivity index (χ0v) is 12.5. The predicted octanol–water partition coefficient (Wildman–Crippen LogP) is 0.830. The van der Waals surface area contributed by atoms with Crippen molar-refractivity contribution in [3.05, 3.63) is 17.3 Å². The smallest absolute Gasteiger partial charge is 0.375 e. The maximum absolute atomic E-state index is 12.3. The first-order valence-electron chi connectivity index (χ1n) is 6.41. The van der Waals surface area contributed by atoms with Crippen LogP contribution < -0.4 is 0 Å². The number of azo groups is 1. The van der Waals surface area contributed by atoms with Crippen LogP contribution in [0.15, 0.2) is 21.9 Å². The third kappa shape index (κ3) is 2.78. The Morgan fingerprint density at radius 2 is 1.96 bits per heavy atom. The molecule has 1 aliphatic rings. The number of nitrogens with zero attached hydrogens (tertiary/aromatic N) is 4. The summed E-state index contributed by atoms with van der Waals surface area (Å²) in [6.45, 7) is 3.27. The summed E-state index contributed by atoms with van der Waals surface area (Å²) < 4.78 is 5.20. The van der Waals surface area contributed by atoms with Crippen LogP contribution in [-0.4, -0.2) is 45.3 Å². The van der Waals surface area contributed by atoms with Crippen LogP contribution in [-0.2, 0) is 19.1 Å². The van der Waals surface area contributed by atoms with E-state index in [1.165, 1.54) is 0 Å². The number of allylic oxidation sites excluding steroid dienone is 2. The molecule has 0 radical (unpaired) electrons. The van der Waals surface area contributed by atoms with Crippen LogP contribution in [0.3, 0.4) is 0 Å². The van der Waals surface area contributed by atoms with Crippen molar-refractivity contribution in [1.82, 2.24) is 9.55 Å². The fraction of sp³-hybridized carbons (Fsp3) is 0.308. The van der Waals surface area contributed by atoms with E-state index in [0.29, 0.717) is 5.57 Å². The molecule has 0 fully saturated rings. The molecule has 0 bridgehead atoms. The molecule has 10 nitrogen and oxygen atoms in total. The van der Waals surface area contributed by atoms with Gasteiger partial charge in [0.1, 0.15) is 11.6 Å². The fourth-order valence-electron chi connectivity index (χ4n) is 1.98. The lowest BCUT2D eigenvalue weighted by Crippen LogP contribution is -2.29. The Kier molecular flexibility index (Phi) is 4.16. The number of carbonyl (C=O) groups is 3. The van der Waals surface area contributed by atoms with Gasteiger partial charge in [0.2, 0.25) is 5.88 Å². The lowest BCUT2D eigenvalue weighted by Gasteiger charge is -2.10. The van der Waals surface area contributed by atoms with E-state index in [2.05, 4.69) is 19.9 Å². The van der Waals surface area contributed by atoms with Gasteiger partial charge in [0, 0.05) is 0 Å². The van der Waals surface area contributed by atoms with Crippen LogP contribution >= 0.6 is 0 Å². The fourth-order valence-corrected chi connectivity index (χ4v) is 1.98. The van der Waals surface area contributed by atoms with Crippen molar-refractivity contribution in [3.63, 3.8) is 0 Å². The first-order valence-corrected chi connectivity index (χ1v) is 6.41. The number of rotatable bonds is 5. The Bertz CT molecular complexity index is 785. The van der Waals surface area contributed by atoms with Crippen molar-refractivity contribution in [2.24, 2.45) is 10.2 Å². The summed E-state index contributed by atoms with van der Waals surface area (Å²) in [5.74, 6) is -6.06. The zero-order valence-electron chi connectivity index (χ0n) is 12.5. The van der Waals surface area contributed by atoms with Crippen LogP contribution in [0.25, 0.3) is 0 Å². The number of methoxy groups -OCH3 is 1. The van der Waals surface area contributed by atoms with Crippen LogP contribution in [0.5, 0.6) is 5.88 Å². The third-order valence-corrected chi connectivity index (χ3v) is 2.94. The molecule has 0 aromatic carbocycles. The van der Waals surface area contributed by atoms with E-state index >= 15 is 0 Å². The van der Waals surface area contributed by atoms with Gasteiger partial charge >= 0.3 is 5.97 Å². The van der Waals surface area contributed by atoms with Gasteiger partial charge in [-0.2, -0.15) is 0 Å². The molecular formula is C13H13N5O5. The summed E-state index contributed by atoms with van der Waals surface area (Å²) in [6, 6.07) is 0. The van der Waals surface area contributed by atoms with E-state index in [9.17, 15) is 19.5 Å². The molecule has 2 rings (SSSR count). The number of carbonyl (C=O) groups excluding carboxylic acids is 3. The molecular weight excluding hydrogens is 306 g/mol. The molecule has 2 N–H and O–H groups in total. The minimum absolute atomic E-state index is 0.157. The van der Waals surface area contributed by atoms with Gasteiger partial charge in [-0.15, -0.1) is 10.2 Å². The van der Waals surface area contributed by atoms with Crippen molar-refractivity contribution in [3.8, 4) is 5.88 Å². The normalized spacial score (nSPS) is 13.4. The standard InChI is InChI=1S/C13H13N5O5/c1-5(2)4-6(19)7(9(20)11(22)23-3)8-10(21)18-12(14)16-17-13(18)15-8/h4,7,14,21H,1-3H3/t7-/m1/s1. The highest BCUT2D eigenvalue weighted by Crippen LogP contribution is 2.34. The Labute approximate surface area is 130 Å². The van der Waals surface area contributed by atoms with Crippen LogP contribution in [0.2, 0.25) is 0 Å². The Hall–Kier alpha value is -3.17. The first-order chi connectivity index (χ1) is 10.8. The lowest BCUT2D eigenvalue weighted by molar-refractivity contribution is -0.153. The number of aromatic nitrogens is 2. The summed E-state index contributed by atoms with van der Waals surface area (Å²) in [5, 5.41) is 24.6.